The monoisotopic (exact) mass is 377 g/mol. The Hall–Kier alpha value is -1.15. The minimum atomic E-state index is -3.60. The topological polar surface area (TPSA) is 92.5 Å². The van der Waals surface area contributed by atoms with E-state index in [1.54, 1.807) is 46.8 Å². The summed E-state index contributed by atoms with van der Waals surface area (Å²) in [6.07, 6.45) is 0. The molecule has 0 aliphatic carbocycles. The minimum Gasteiger partial charge on any atom is -0.350 e. The number of hydrogen-bond donors (Lipinski definition) is 2. The average Bonchev–Trinajstić information content (AvgIpc) is 2.45. The van der Waals surface area contributed by atoms with Crippen molar-refractivity contribution < 1.29 is 13.2 Å². The summed E-state index contributed by atoms with van der Waals surface area (Å²) in [7, 11) is -3.60. The number of nitrogens with one attached hydrogen (secondary N) is 1. The summed E-state index contributed by atoms with van der Waals surface area (Å²) in [5, 5.41) is 2.72. The van der Waals surface area contributed by atoms with Crippen LogP contribution in [0.5, 0.6) is 0 Å². The van der Waals surface area contributed by atoms with E-state index in [2.05, 4.69) is 5.32 Å². The van der Waals surface area contributed by atoms with Crippen molar-refractivity contribution in [2.75, 3.05) is 19.6 Å². The second-order valence-corrected chi connectivity index (χ2v) is 8.15. The number of halogens is 1. The summed E-state index contributed by atoms with van der Waals surface area (Å²) in [5.74, 6) is -0.334. The molecule has 1 rings (SSSR count). The van der Waals surface area contributed by atoms with E-state index in [0.29, 0.717) is 30.8 Å². The van der Waals surface area contributed by atoms with Crippen molar-refractivity contribution in [3.63, 3.8) is 0 Å². The van der Waals surface area contributed by atoms with E-state index in [4.69, 9.17) is 5.73 Å². The van der Waals surface area contributed by atoms with Crippen molar-refractivity contribution in [3.8, 4) is 0 Å². The number of nitrogens with zero attached hydrogens (tertiary/aromatic N) is 1. The largest absolute Gasteiger partial charge is 0.350 e. The zero-order valence-corrected chi connectivity index (χ0v) is 16.6. The van der Waals surface area contributed by atoms with Gasteiger partial charge in [-0.2, -0.15) is 4.31 Å². The third-order valence-corrected chi connectivity index (χ3v) is 5.67. The van der Waals surface area contributed by atoms with Gasteiger partial charge in [0.2, 0.25) is 10.0 Å². The highest BCUT2D eigenvalue weighted by Crippen LogP contribution is 2.21. The van der Waals surface area contributed by atoms with Gasteiger partial charge in [-0.1, -0.05) is 19.9 Å². The van der Waals surface area contributed by atoms with E-state index < -0.39 is 15.6 Å². The molecule has 0 radical (unpaired) electrons. The molecule has 138 valence electrons. The fraction of sp³-hybridized carbons (Fsp3) is 0.562. The molecule has 0 bridgehead atoms. The third kappa shape index (κ3) is 5.73. The number of carbonyl (C=O) groups is 1. The van der Waals surface area contributed by atoms with Crippen LogP contribution in [-0.2, 0) is 10.0 Å². The van der Waals surface area contributed by atoms with Gasteiger partial charge in [0, 0.05) is 30.7 Å². The molecule has 0 atom stereocenters. The second kappa shape index (κ2) is 8.80. The van der Waals surface area contributed by atoms with Crippen LogP contribution >= 0.6 is 12.4 Å². The molecule has 0 aromatic heterocycles. The predicted octanol–water partition coefficient (Wildman–Crippen LogP) is 1.91. The Kier molecular flexibility index (Phi) is 8.38. The van der Waals surface area contributed by atoms with E-state index in [-0.39, 0.29) is 23.2 Å². The highest BCUT2D eigenvalue weighted by molar-refractivity contribution is 7.89. The summed E-state index contributed by atoms with van der Waals surface area (Å²) in [5.41, 5.74) is 6.24. The Labute approximate surface area is 151 Å². The quantitative estimate of drug-likeness (QED) is 0.759. The molecule has 0 saturated heterocycles. The fourth-order valence-electron chi connectivity index (χ4n) is 2.13. The molecule has 0 saturated carbocycles. The molecule has 3 N–H and O–H groups in total. The van der Waals surface area contributed by atoms with Crippen molar-refractivity contribution in [2.45, 2.75) is 45.1 Å². The van der Waals surface area contributed by atoms with Crippen LogP contribution in [0.3, 0.4) is 0 Å². The van der Waals surface area contributed by atoms with Crippen LogP contribution in [0.15, 0.2) is 23.1 Å². The van der Waals surface area contributed by atoms with Gasteiger partial charge >= 0.3 is 0 Å². The van der Waals surface area contributed by atoms with E-state index in [9.17, 15) is 13.2 Å². The molecular weight excluding hydrogens is 350 g/mol. The lowest BCUT2D eigenvalue weighted by molar-refractivity contribution is 0.0946. The standard InChI is InChI=1S/C16H27N3O3S.ClH/c1-6-19(7-2)23(21,22)14-10-13(9-8-12(14)3)15(20)18-11-16(4,5)17;/h8-10H,6-7,11,17H2,1-5H3,(H,18,20);1H. The van der Waals surface area contributed by atoms with Gasteiger partial charge in [-0.25, -0.2) is 8.42 Å². The van der Waals surface area contributed by atoms with E-state index in [1.807, 2.05) is 0 Å². The number of benzene rings is 1. The van der Waals surface area contributed by atoms with Crippen LogP contribution in [0.4, 0.5) is 0 Å². The normalized spacial score (nSPS) is 12.0. The van der Waals surface area contributed by atoms with Crippen LogP contribution < -0.4 is 11.1 Å². The number of amides is 1. The number of aryl methyl sites for hydroxylation is 1. The number of rotatable bonds is 7. The third-order valence-electron chi connectivity index (χ3n) is 3.48. The highest BCUT2D eigenvalue weighted by atomic mass is 35.5. The molecular formula is C16H28ClN3O3S. The Morgan fingerprint density at radius 2 is 1.79 bits per heavy atom. The van der Waals surface area contributed by atoms with Crippen molar-refractivity contribution >= 4 is 28.3 Å². The van der Waals surface area contributed by atoms with Crippen LogP contribution in [0.25, 0.3) is 0 Å². The average molecular weight is 378 g/mol. The molecule has 6 nitrogen and oxygen atoms in total. The predicted molar refractivity (Wildman–Crippen MR) is 99.1 cm³/mol. The molecule has 1 amide bonds. The zero-order valence-electron chi connectivity index (χ0n) is 14.9. The minimum absolute atomic E-state index is 0. The van der Waals surface area contributed by atoms with Crippen LogP contribution in [-0.4, -0.2) is 43.8 Å². The summed E-state index contributed by atoms with van der Waals surface area (Å²) >= 11 is 0. The van der Waals surface area contributed by atoms with Gasteiger partial charge < -0.3 is 11.1 Å². The lowest BCUT2D eigenvalue weighted by Crippen LogP contribution is -2.45. The first kappa shape index (κ1) is 22.9. The molecule has 1 aromatic carbocycles. The smallest absolute Gasteiger partial charge is 0.251 e. The molecule has 0 aliphatic heterocycles. The number of carbonyl (C=O) groups excluding carboxylic acids is 1. The highest BCUT2D eigenvalue weighted by Gasteiger charge is 2.25. The van der Waals surface area contributed by atoms with Gasteiger partial charge in [0.25, 0.3) is 5.91 Å². The summed E-state index contributed by atoms with van der Waals surface area (Å²) in [6.45, 7) is 9.98. The molecule has 1 aromatic rings. The summed E-state index contributed by atoms with van der Waals surface area (Å²) < 4.78 is 26.7. The van der Waals surface area contributed by atoms with E-state index in [0.717, 1.165) is 0 Å². The lowest BCUT2D eigenvalue weighted by Gasteiger charge is -2.21. The Bertz CT molecular complexity index is 666. The first-order valence-electron chi connectivity index (χ1n) is 7.70. The summed E-state index contributed by atoms with van der Waals surface area (Å²) in [6, 6.07) is 4.70. The number of hydrogen-bond acceptors (Lipinski definition) is 4. The molecule has 0 aliphatic rings. The van der Waals surface area contributed by atoms with Crippen LogP contribution in [0, 0.1) is 6.92 Å². The van der Waals surface area contributed by atoms with Crippen molar-refractivity contribution in [3.05, 3.63) is 29.3 Å². The maximum atomic E-state index is 12.7. The molecule has 24 heavy (non-hydrogen) atoms. The first-order valence-corrected chi connectivity index (χ1v) is 9.14. The van der Waals surface area contributed by atoms with Gasteiger partial charge in [0.1, 0.15) is 0 Å². The molecule has 0 heterocycles. The SMILES string of the molecule is CCN(CC)S(=O)(=O)c1cc(C(=O)NCC(C)(C)N)ccc1C.Cl. The van der Waals surface area contributed by atoms with Crippen LogP contribution in [0.1, 0.15) is 43.6 Å². The second-order valence-electron chi connectivity index (χ2n) is 6.24. The maximum absolute atomic E-state index is 12.7. The van der Waals surface area contributed by atoms with Gasteiger partial charge in [-0.15, -0.1) is 12.4 Å². The maximum Gasteiger partial charge on any atom is 0.251 e. The van der Waals surface area contributed by atoms with Gasteiger partial charge in [-0.3, -0.25) is 4.79 Å². The summed E-state index contributed by atoms with van der Waals surface area (Å²) in [4.78, 5) is 12.4. The van der Waals surface area contributed by atoms with E-state index >= 15 is 0 Å². The van der Waals surface area contributed by atoms with Crippen molar-refractivity contribution in [1.82, 2.24) is 9.62 Å². The lowest BCUT2D eigenvalue weighted by atomic mass is 10.1. The van der Waals surface area contributed by atoms with Crippen LogP contribution in [0.2, 0.25) is 0 Å². The number of sulfonamides is 1. The van der Waals surface area contributed by atoms with Crippen molar-refractivity contribution in [2.24, 2.45) is 5.73 Å². The van der Waals surface area contributed by atoms with Crippen molar-refractivity contribution in [1.29, 1.82) is 0 Å². The van der Waals surface area contributed by atoms with Gasteiger partial charge in [-0.05, 0) is 38.5 Å². The van der Waals surface area contributed by atoms with Gasteiger partial charge in [0.15, 0.2) is 0 Å². The first-order chi connectivity index (χ1) is 10.5. The molecule has 0 unspecified atom stereocenters. The molecule has 0 fully saturated rings. The Morgan fingerprint density at radius 3 is 2.25 bits per heavy atom. The zero-order chi connectivity index (χ0) is 17.8. The van der Waals surface area contributed by atoms with Gasteiger partial charge in [0.05, 0.1) is 4.90 Å². The Balaban J connectivity index is 0.00000529. The molecule has 0 spiro atoms. The number of nitrogens with two attached hydrogens (primary N) is 1. The Morgan fingerprint density at radius 1 is 1.25 bits per heavy atom. The molecule has 8 heteroatoms. The van der Waals surface area contributed by atoms with E-state index in [1.165, 1.54) is 10.4 Å². The fourth-order valence-corrected chi connectivity index (χ4v) is 3.84.